The van der Waals surface area contributed by atoms with Crippen LogP contribution in [0.5, 0.6) is 5.75 Å². The predicted octanol–water partition coefficient (Wildman–Crippen LogP) is 3.81. The summed E-state index contributed by atoms with van der Waals surface area (Å²) in [5.74, 6) is 2.55. The van der Waals surface area contributed by atoms with Crippen molar-refractivity contribution in [1.82, 2.24) is 5.32 Å². The van der Waals surface area contributed by atoms with Crippen molar-refractivity contribution in [2.75, 3.05) is 14.2 Å². The molecule has 4 heteroatoms. The van der Waals surface area contributed by atoms with Gasteiger partial charge < -0.3 is 14.5 Å². The summed E-state index contributed by atoms with van der Waals surface area (Å²) < 4.78 is 11.0. The molecule has 2 aromatic rings. The monoisotopic (exact) mass is 279 g/mol. The highest BCUT2D eigenvalue weighted by molar-refractivity contribution is 6.32. The SMILES string of the molecule is CCc1ccc(C(NC)c2ccc(OC)c(Cl)c2)o1. The van der Waals surface area contributed by atoms with Crippen LogP contribution >= 0.6 is 11.6 Å². The summed E-state index contributed by atoms with van der Waals surface area (Å²) in [5.41, 5.74) is 1.05. The highest BCUT2D eigenvalue weighted by Gasteiger charge is 2.17. The van der Waals surface area contributed by atoms with Crippen LogP contribution in [0.15, 0.2) is 34.7 Å². The lowest BCUT2D eigenvalue weighted by atomic mass is 10.0. The third-order valence-electron chi connectivity index (χ3n) is 3.11. The maximum Gasteiger partial charge on any atom is 0.137 e. The van der Waals surface area contributed by atoms with E-state index in [4.69, 9.17) is 20.8 Å². The zero-order valence-electron chi connectivity index (χ0n) is 11.4. The van der Waals surface area contributed by atoms with E-state index in [9.17, 15) is 0 Å². The van der Waals surface area contributed by atoms with Crippen LogP contribution in [0, 0.1) is 0 Å². The molecule has 102 valence electrons. The van der Waals surface area contributed by atoms with Gasteiger partial charge in [0.25, 0.3) is 0 Å². The van der Waals surface area contributed by atoms with E-state index in [2.05, 4.69) is 12.2 Å². The van der Waals surface area contributed by atoms with Crippen LogP contribution in [0.3, 0.4) is 0 Å². The molecule has 1 aromatic carbocycles. The molecule has 0 saturated heterocycles. The lowest BCUT2D eigenvalue weighted by Crippen LogP contribution is -2.17. The van der Waals surface area contributed by atoms with Crippen LogP contribution in [0.2, 0.25) is 5.02 Å². The molecule has 1 heterocycles. The fraction of sp³-hybridized carbons (Fsp3) is 0.333. The van der Waals surface area contributed by atoms with E-state index in [1.165, 1.54) is 0 Å². The van der Waals surface area contributed by atoms with Crippen LogP contribution in [0.25, 0.3) is 0 Å². The van der Waals surface area contributed by atoms with Crippen LogP contribution in [-0.4, -0.2) is 14.2 Å². The Balaban J connectivity index is 2.33. The second kappa shape index (κ2) is 6.13. The molecular weight excluding hydrogens is 262 g/mol. The van der Waals surface area contributed by atoms with Crippen molar-refractivity contribution < 1.29 is 9.15 Å². The van der Waals surface area contributed by atoms with Crippen molar-refractivity contribution in [3.8, 4) is 5.75 Å². The fourth-order valence-electron chi connectivity index (χ4n) is 2.08. The van der Waals surface area contributed by atoms with Gasteiger partial charge in [-0.1, -0.05) is 24.6 Å². The Morgan fingerprint density at radius 1 is 1.32 bits per heavy atom. The second-order valence-electron chi connectivity index (χ2n) is 4.27. The number of furan rings is 1. The summed E-state index contributed by atoms with van der Waals surface area (Å²) in [7, 11) is 3.51. The second-order valence-corrected chi connectivity index (χ2v) is 4.68. The fourth-order valence-corrected chi connectivity index (χ4v) is 2.34. The van der Waals surface area contributed by atoms with E-state index in [0.29, 0.717) is 10.8 Å². The number of hydrogen-bond donors (Lipinski definition) is 1. The Bertz CT molecular complexity index is 551. The first kappa shape index (κ1) is 14.0. The molecule has 1 unspecified atom stereocenters. The highest BCUT2D eigenvalue weighted by Crippen LogP contribution is 2.30. The minimum atomic E-state index is -0.0105. The van der Waals surface area contributed by atoms with E-state index in [1.54, 1.807) is 7.11 Å². The van der Waals surface area contributed by atoms with Gasteiger partial charge in [-0.3, -0.25) is 0 Å². The molecule has 1 N–H and O–H groups in total. The van der Waals surface area contributed by atoms with Gasteiger partial charge in [0.2, 0.25) is 0 Å². The van der Waals surface area contributed by atoms with Gasteiger partial charge in [-0.2, -0.15) is 0 Å². The number of hydrogen-bond acceptors (Lipinski definition) is 3. The number of nitrogens with one attached hydrogen (secondary N) is 1. The maximum atomic E-state index is 6.17. The highest BCUT2D eigenvalue weighted by atomic mass is 35.5. The third-order valence-corrected chi connectivity index (χ3v) is 3.41. The van der Waals surface area contributed by atoms with Crippen LogP contribution in [0.4, 0.5) is 0 Å². The molecule has 0 aliphatic heterocycles. The average Bonchev–Trinajstić information content (AvgIpc) is 2.88. The van der Waals surface area contributed by atoms with Crippen molar-refractivity contribution in [2.45, 2.75) is 19.4 Å². The normalized spacial score (nSPS) is 12.4. The van der Waals surface area contributed by atoms with Gasteiger partial charge >= 0.3 is 0 Å². The molecule has 2 rings (SSSR count). The molecule has 1 aromatic heterocycles. The largest absolute Gasteiger partial charge is 0.495 e. The minimum absolute atomic E-state index is 0.0105. The van der Waals surface area contributed by atoms with E-state index in [1.807, 2.05) is 37.4 Å². The van der Waals surface area contributed by atoms with Gasteiger partial charge in [0.15, 0.2) is 0 Å². The molecule has 1 atom stereocenters. The van der Waals surface area contributed by atoms with Gasteiger partial charge in [-0.25, -0.2) is 0 Å². The summed E-state index contributed by atoms with van der Waals surface area (Å²) in [6.45, 7) is 2.07. The van der Waals surface area contributed by atoms with Crippen molar-refractivity contribution in [2.24, 2.45) is 0 Å². The molecule has 3 nitrogen and oxygen atoms in total. The van der Waals surface area contributed by atoms with Crippen molar-refractivity contribution in [3.05, 3.63) is 52.4 Å². The van der Waals surface area contributed by atoms with Gasteiger partial charge in [0.1, 0.15) is 17.3 Å². The van der Waals surface area contributed by atoms with Crippen LogP contribution < -0.4 is 10.1 Å². The van der Waals surface area contributed by atoms with Crippen LogP contribution in [0.1, 0.15) is 30.0 Å². The average molecular weight is 280 g/mol. The number of rotatable bonds is 5. The number of aryl methyl sites for hydroxylation is 1. The maximum absolute atomic E-state index is 6.17. The van der Waals surface area contributed by atoms with Gasteiger partial charge in [0.05, 0.1) is 18.2 Å². The molecule has 0 fully saturated rings. The summed E-state index contributed by atoms with van der Waals surface area (Å²) in [6, 6.07) is 9.74. The molecule has 0 aliphatic carbocycles. The molecule has 0 saturated carbocycles. The first-order valence-corrected chi connectivity index (χ1v) is 6.66. The first-order valence-electron chi connectivity index (χ1n) is 6.29. The number of benzene rings is 1. The lowest BCUT2D eigenvalue weighted by Gasteiger charge is -2.15. The van der Waals surface area contributed by atoms with E-state index >= 15 is 0 Å². The molecule has 0 aliphatic rings. The Morgan fingerprint density at radius 2 is 2.11 bits per heavy atom. The standard InChI is InChI=1S/C15H18ClNO2/c1-4-11-6-8-14(19-11)15(17-2)10-5-7-13(18-3)12(16)9-10/h5-9,15,17H,4H2,1-3H3. The number of methoxy groups -OCH3 is 1. The number of ether oxygens (including phenoxy) is 1. The number of halogens is 1. The van der Waals surface area contributed by atoms with Crippen molar-refractivity contribution >= 4 is 11.6 Å². The molecule has 0 spiro atoms. The van der Waals surface area contributed by atoms with Gasteiger partial charge in [0, 0.05) is 6.42 Å². The Labute approximate surface area is 118 Å². The van der Waals surface area contributed by atoms with E-state index in [-0.39, 0.29) is 6.04 Å². The van der Waals surface area contributed by atoms with Gasteiger partial charge in [-0.15, -0.1) is 0 Å². The topological polar surface area (TPSA) is 34.4 Å². The summed E-state index contributed by atoms with van der Waals surface area (Å²) in [6.07, 6.45) is 0.889. The van der Waals surface area contributed by atoms with E-state index < -0.39 is 0 Å². The van der Waals surface area contributed by atoms with Crippen molar-refractivity contribution in [3.63, 3.8) is 0 Å². The predicted molar refractivity (Wildman–Crippen MR) is 77.0 cm³/mol. The molecular formula is C15H18ClNO2. The van der Waals surface area contributed by atoms with Gasteiger partial charge in [-0.05, 0) is 36.9 Å². The quantitative estimate of drug-likeness (QED) is 0.904. The summed E-state index contributed by atoms with van der Waals surface area (Å²) in [4.78, 5) is 0. The van der Waals surface area contributed by atoms with E-state index in [0.717, 1.165) is 23.5 Å². The molecule has 0 radical (unpaired) electrons. The zero-order valence-corrected chi connectivity index (χ0v) is 12.1. The van der Waals surface area contributed by atoms with Crippen LogP contribution in [-0.2, 0) is 6.42 Å². The lowest BCUT2D eigenvalue weighted by molar-refractivity contribution is 0.413. The molecule has 19 heavy (non-hydrogen) atoms. The minimum Gasteiger partial charge on any atom is -0.495 e. The summed E-state index contributed by atoms with van der Waals surface area (Å²) >= 11 is 6.17. The third kappa shape index (κ3) is 2.94. The Morgan fingerprint density at radius 3 is 2.63 bits per heavy atom. The smallest absolute Gasteiger partial charge is 0.137 e. The Kier molecular flexibility index (Phi) is 4.51. The molecule has 0 bridgehead atoms. The Hall–Kier alpha value is -1.45. The summed E-state index contributed by atoms with van der Waals surface area (Å²) in [5, 5.41) is 3.84. The first-order chi connectivity index (χ1) is 9.19. The molecule has 0 amide bonds. The van der Waals surface area contributed by atoms with Crippen molar-refractivity contribution in [1.29, 1.82) is 0 Å². The zero-order chi connectivity index (χ0) is 13.8.